The van der Waals surface area contributed by atoms with E-state index in [1.165, 1.54) is 5.56 Å². The highest BCUT2D eigenvalue weighted by Gasteiger charge is 2.11. The van der Waals surface area contributed by atoms with Crippen molar-refractivity contribution in [2.45, 2.75) is 32.6 Å². The van der Waals surface area contributed by atoms with Gasteiger partial charge in [-0.15, -0.1) is 11.6 Å². The Morgan fingerprint density at radius 3 is 2.13 bits per heavy atom. The molecule has 2 heteroatoms. The van der Waals surface area contributed by atoms with E-state index in [9.17, 15) is 4.79 Å². The number of Topliss-reactive ketones (excluding diaryl/α,β-unsaturated/α-hetero) is 1. The number of carbonyl (C=O) groups excluding carboxylic acids is 1. The van der Waals surface area contributed by atoms with Crippen molar-refractivity contribution >= 4 is 17.4 Å². The first-order valence-electron chi connectivity index (χ1n) is 5.28. The predicted molar refractivity (Wildman–Crippen MR) is 64.6 cm³/mol. The van der Waals surface area contributed by atoms with E-state index in [4.69, 9.17) is 11.6 Å². The van der Waals surface area contributed by atoms with Gasteiger partial charge in [-0.05, 0) is 24.8 Å². The maximum atomic E-state index is 11.5. The first kappa shape index (κ1) is 12.3. The molecule has 1 atom stereocenters. The largest absolute Gasteiger partial charge is 0.293 e. The molecule has 15 heavy (non-hydrogen) atoms. The fourth-order valence-electron chi connectivity index (χ4n) is 1.51. The molecule has 0 bridgehead atoms. The normalized spacial score (nSPS) is 12.9. The highest BCUT2D eigenvalue weighted by Crippen LogP contribution is 2.12. The van der Waals surface area contributed by atoms with Gasteiger partial charge in [0.25, 0.3) is 0 Å². The average molecular weight is 225 g/mol. The second-order valence-corrected chi connectivity index (χ2v) is 4.93. The number of halogens is 1. The van der Waals surface area contributed by atoms with E-state index >= 15 is 0 Å². The van der Waals surface area contributed by atoms with Crippen LogP contribution >= 0.6 is 11.6 Å². The molecule has 0 radical (unpaired) electrons. The van der Waals surface area contributed by atoms with Gasteiger partial charge in [-0.1, -0.05) is 38.1 Å². The Kier molecular flexibility index (Phi) is 4.34. The Balaban J connectivity index is 2.76. The lowest BCUT2D eigenvalue weighted by Gasteiger charge is -2.06. The third kappa shape index (κ3) is 3.67. The van der Waals surface area contributed by atoms with Gasteiger partial charge in [0.05, 0.1) is 5.38 Å². The molecule has 0 unspecified atom stereocenters. The number of ketones is 1. The molecule has 0 saturated heterocycles. The first-order valence-corrected chi connectivity index (χ1v) is 5.71. The molecule has 0 aromatic heterocycles. The molecule has 0 aliphatic heterocycles. The van der Waals surface area contributed by atoms with Crippen LogP contribution in [0.2, 0.25) is 0 Å². The van der Waals surface area contributed by atoms with Crippen molar-refractivity contribution in [1.29, 1.82) is 0 Å². The van der Waals surface area contributed by atoms with Crippen LogP contribution in [-0.4, -0.2) is 11.2 Å². The van der Waals surface area contributed by atoms with Crippen molar-refractivity contribution in [1.82, 2.24) is 0 Å². The summed E-state index contributed by atoms with van der Waals surface area (Å²) in [5.41, 5.74) is 1.97. The average Bonchev–Trinajstić information content (AvgIpc) is 2.17. The predicted octanol–water partition coefficient (Wildman–Crippen LogP) is 3.70. The van der Waals surface area contributed by atoms with Crippen molar-refractivity contribution in [2.24, 2.45) is 5.92 Å². The lowest BCUT2D eigenvalue weighted by molar-refractivity contribution is 0.0992. The second-order valence-electron chi connectivity index (χ2n) is 4.28. The Labute approximate surface area is 96.5 Å². The molecule has 0 saturated carbocycles. The number of rotatable bonds is 4. The fourth-order valence-corrected chi connectivity index (χ4v) is 1.63. The standard InChI is InChI=1S/C13H17ClO/c1-9(2)8-11-4-6-12(7-5-11)13(15)10(3)14/h4-7,9-10H,8H2,1-3H3/t10-/m0/s1. The zero-order chi connectivity index (χ0) is 11.4. The number of hydrogen-bond acceptors (Lipinski definition) is 1. The third-order valence-corrected chi connectivity index (χ3v) is 2.44. The Morgan fingerprint density at radius 1 is 1.20 bits per heavy atom. The van der Waals surface area contributed by atoms with Crippen molar-refractivity contribution in [3.8, 4) is 0 Å². The van der Waals surface area contributed by atoms with Crippen LogP contribution in [0.25, 0.3) is 0 Å². The highest BCUT2D eigenvalue weighted by molar-refractivity contribution is 6.33. The molecular weight excluding hydrogens is 208 g/mol. The molecule has 0 N–H and O–H groups in total. The van der Waals surface area contributed by atoms with Crippen molar-refractivity contribution in [3.05, 3.63) is 35.4 Å². The Bertz CT molecular complexity index is 325. The van der Waals surface area contributed by atoms with Gasteiger partial charge in [0.2, 0.25) is 0 Å². The zero-order valence-corrected chi connectivity index (χ0v) is 10.2. The van der Waals surface area contributed by atoms with Gasteiger partial charge in [0.15, 0.2) is 5.78 Å². The van der Waals surface area contributed by atoms with Crippen LogP contribution in [0.3, 0.4) is 0 Å². The van der Waals surface area contributed by atoms with Crippen LogP contribution in [0.1, 0.15) is 36.7 Å². The summed E-state index contributed by atoms with van der Waals surface area (Å²) in [6.07, 6.45) is 1.05. The molecule has 0 aliphatic carbocycles. The van der Waals surface area contributed by atoms with Gasteiger partial charge in [0, 0.05) is 5.56 Å². The topological polar surface area (TPSA) is 17.1 Å². The van der Waals surface area contributed by atoms with Gasteiger partial charge in [-0.2, -0.15) is 0 Å². The summed E-state index contributed by atoms with van der Waals surface area (Å²) < 4.78 is 0. The number of hydrogen-bond donors (Lipinski definition) is 0. The summed E-state index contributed by atoms with van der Waals surface area (Å²) in [7, 11) is 0. The summed E-state index contributed by atoms with van der Waals surface area (Å²) in [5.74, 6) is 0.631. The number of alkyl halides is 1. The summed E-state index contributed by atoms with van der Waals surface area (Å²) in [5, 5.41) is -0.444. The summed E-state index contributed by atoms with van der Waals surface area (Å²) in [4.78, 5) is 11.5. The van der Waals surface area contributed by atoms with Crippen molar-refractivity contribution in [3.63, 3.8) is 0 Å². The van der Waals surface area contributed by atoms with E-state index < -0.39 is 5.38 Å². The van der Waals surface area contributed by atoms with Crippen molar-refractivity contribution in [2.75, 3.05) is 0 Å². The minimum Gasteiger partial charge on any atom is -0.293 e. The quantitative estimate of drug-likeness (QED) is 0.563. The number of benzene rings is 1. The zero-order valence-electron chi connectivity index (χ0n) is 9.46. The Hall–Kier alpha value is -0.820. The molecule has 0 amide bonds. The summed E-state index contributed by atoms with van der Waals surface area (Å²) in [6, 6.07) is 7.73. The molecule has 82 valence electrons. The molecule has 1 aromatic rings. The van der Waals surface area contributed by atoms with Crippen LogP contribution < -0.4 is 0 Å². The van der Waals surface area contributed by atoms with Gasteiger partial charge < -0.3 is 0 Å². The molecule has 0 aliphatic rings. The minimum absolute atomic E-state index is 0.00670. The molecule has 1 nitrogen and oxygen atoms in total. The van der Waals surface area contributed by atoms with Gasteiger partial charge >= 0.3 is 0 Å². The SMILES string of the molecule is CC(C)Cc1ccc(C(=O)[C@H](C)Cl)cc1. The van der Waals surface area contributed by atoms with Crippen molar-refractivity contribution < 1.29 is 4.79 Å². The van der Waals surface area contributed by atoms with Gasteiger partial charge in [-0.3, -0.25) is 4.79 Å². The van der Waals surface area contributed by atoms with Gasteiger partial charge in [-0.25, -0.2) is 0 Å². The lowest BCUT2D eigenvalue weighted by atomic mass is 10.0. The van der Waals surface area contributed by atoms with E-state index in [0.29, 0.717) is 11.5 Å². The van der Waals surface area contributed by atoms with Crippen LogP contribution in [0.15, 0.2) is 24.3 Å². The van der Waals surface area contributed by atoms with Crippen LogP contribution in [-0.2, 0) is 6.42 Å². The van der Waals surface area contributed by atoms with Crippen LogP contribution in [0.4, 0.5) is 0 Å². The number of carbonyl (C=O) groups is 1. The molecular formula is C13H17ClO. The molecule has 1 rings (SSSR count). The monoisotopic (exact) mass is 224 g/mol. The highest BCUT2D eigenvalue weighted by atomic mass is 35.5. The first-order chi connectivity index (χ1) is 7.00. The summed E-state index contributed by atoms with van der Waals surface area (Å²) >= 11 is 5.74. The second kappa shape index (κ2) is 5.32. The molecule has 0 spiro atoms. The maximum Gasteiger partial charge on any atom is 0.180 e. The molecule has 1 aromatic carbocycles. The minimum atomic E-state index is -0.444. The van der Waals surface area contributed by atoms with Crippen LogP contribution in [0, 0.1) is 5.92 Å². The van der Waals surface area contributed by atoms with E-state index in [-0.39, 0.29) is 5.78 Å². The van der Waals surface area contributed by atoms with E-state index in [0.717, 1.165) is 6.42 Å². The van der Waals surface area contributed by atoms with E-state index in [1.54, 1.807) is 6.92 Å². The lowest BCUT2D eigenvalue weighted by Crippen LogP contribution is -2.10. The third-order valence-electron chi connectivity index (χ3n) is 2.24. The van der Waals surface area contributed by atoms with Crippen LogP contribution in [0.5, 0.6) is 0 Å². The van der Waals surface area contributed by atoms with E-state index in [1.807, 2.05) is 24.3 Å². The molecule has 0 fully saturated rings. The van der Waals surface area contributed by atoms with E-state index in [2.05, 4.69) is 13.8 Å². The summed E-state index contributed by atoms with van der Waals surface area (Å²) in [6.45, 7) is 6.06. The molecule has 0 heterocycles. The van der Waals surface area contributed by atoms with Gasteiger partial charge in [0.1, 0.15) is 0 Å². The maximum absolute atomic E-state index is 11.5. The Morgan fingerprint density at radius 2 is 1.73 bits per heavy atom. The smallest absolute Gasteiger partial charge is 0.180 e. The fraction of sp³-hybridized carbons (Fsp3) is 0.462.